The molecule has 1 unspecified atom stereocenters. The number of nitrogens with one attached hydrogen (secondary N) is 1. The minimum atomic E-state index is -4.74. The van der Waals surface area contributed by atoms with Crippen molar-refractivity contribution < 1.29 is 25.9 Å². The van der Waals surface area contributed by atoms with E-state index in [1.165, 1.54) is 64.2 Å². The highest BCUT2D eigenvalue weighted by atomic mass is 32.2. The maximum atomic E-state index is 12.6. The van der Waals surface area contributed by atoms with Crippen molar-refractivity contribution in [2.75, 3.05) is 0 Å². The Kier molecular flexibility index (Phi) is 13.3. The van der Waals surface area contributed by atoms with E-state index in [9.17, 15) is 25.9 Å². The highest BCUT2D eigenvalue weighted by Gasteiger charge is 2.28. The van der Waals surface area contributed by atoms with E-state index >= 15 is 0 Å². The highest BCUT2D eigenvalue weighted by Crippen LogP contribution is 2.36. The molecule has 0 aliphatic rings. The monoisotopic (exact) mass is 606 g/mol. The first-order valence-corrected chi connectivity index (χ1v) is 18.0. The Balaban J connectivity index is 1.65. The van der Waals surface area contributed by atoms with Crippen molar-refractivity contribution in [3.05, 3.63) is 53.6 Å². The molecule has 0 saturated carbocycles. The number of unbranched alkanes of at least 4 members (excludes halogenated alkanes) is 12. The number of imidazole rings is 1. The van der Waals surface area contributed by atoms with Crippen LogP contribution < -0.4 is 0 Å². The summed E-state index contributed by atoms with van der Waals surface area (Å²) in [6, 6.07) is 13.1. The summed E-state index contributed by atoms with van der Waals surface area (Å²) in [6.07, 6.45) is 18.2. The average molecular weight is 607 g/mol. The molecule has 0 fully saturated rings. The molecule has 228 valence electrons. The van der Waals surface area contributed by atoms with Crippen molar-refractivity contribution in [2.24, 2.45) is 0 Å². The van der Waals surface area contributed by atoms with Crippen LogP contribution in [0, 0.1) is 0 Å². The summed E-state index contributed by atoms with van der Waals surface area (Å²) >= 11 is 0. The number of nitrogens with zero attached hydrogens (tertiary/aromatic N) is 1. The summed E-state index contributed by atoms with van der Waals surface area (Å²) in [5, 5.41) is -0.758. The minimum absolute atomic E-state index is 0.108. The van der Waals surface area contributed by atoms with Crippen LogP contribution in [0.5, 0.6) is 0 Å². The zero-order valence-electron chi connectivity index (χ0n) is 24.2. The van der Waals surface area contributed by atoms with Crippen LogP contribution in [0.2, 0.25) is 0 Å². The number of fused-ring (bicyclic) bond motifs is 1. The number of H-pyrrole nitrogens is 1. The van der Waals surface area contributed by atoms with E-state index in [1.807, 2.05) is 30.3 Å². The fraction of sp³-hybridized carbons (Fsp3) is 0.581. The normalized spacial score (nSPS) is 13.1. The summed E-state index contributed by atoms with van der Waals surface area (Å²) in [7, 11) is -9.42. The van der Waals surface area contributed by atoms with E-state index in [2.05, 4.69) is 16.9 Å². The Labute approximate surface area is 245 Å². The van der Waals surface area contributed by atoms with Gasteiger partial charge < -0.3 is 4.98 Å². The molecule has 3 rings (SSSR count). The second-order valence-electron chi connectivity index (χ2n) is 11.1. The summed E-state index contributed by atoms with van der Waals surface area (Å²) in [6.45, 7) is 2.24. The number of aromatic nitrogens is 2. The summed E-state index contributed by atoms with van der Waals surface area (Å²) < 4.78 is 68.1. The molecule has 0 amide bonds. The maximum absolute atomic E-state index is 12.6. The number of benzene rings is 2. The number of hydrogen-bond donors (Lipinski definition) is 3. The number of aromatic amines is 1. The van der Waals surface area contributed by atoms with Gasteiger partial charge in [0.1, 0.15) is 10.4 Å². The van der Waals surface area contributed by atoms with Gasteiger partial charge in [0.05, 0.1) is 5.52 Å². The average Bonchev–Trinajstić information content (AvgIpc) is 3.37. The zero-order chi connectivity index (χ0) is 29.7. The molecule has 3 N–H and O–H groups in total. The summed E-state index contributed by atoms with van der Waals surface area (Å²) in [5.74, 6) is -0.185. The molecule has 0 aliphatic carbocycles. The van der Waals surface area contributed by atoms with E-state index in [0.717, 1.165) is 37.7 Å². The third kappa shape index (κ3) is 10.8. The van der Waals surface area contributed by atoms with Crippen molar-refractivity contribution in [1.29, 1.82) is 0 Å². The molecule has 10 heteroatoms. The van der Waals surface area contributed by atoms with Gasteiger partial charge in [-0.25, -0.2) is 4.98 Å². The fourth-order valence-corrected chi connectivity index (χ4v) is 6.99. The molecule has 2 aromatic carbocycles. The minimum Gasteiger partial charge on any atom is -0.327 e. The quantitative estimate of drug-likeness (QED) is 0.0869. The van der Waals surface area contributed by atoms with Crippen molar-refractivity contribution >= 4 is 31.3 Å². The molecule has 0 spiro atoms. The summed E-state index contributed by atoms with van der Waals surface area (Å²) in [4.78, 5) is 5.90. The fourth-order valence-electron chi connectivity index (χ4n) is 5.61. The van der Waals surface area contributed by atoms with Crippen molar-refractivity contribution in [3.8, 4) is 0 Å². The molecular formula is C31H46N2O6S2. The molecule has 1 atom stereocenters. The van der Waals surface area contributed by atoms with Gasteiger partial charge in [-0.1, -0.05) is 127 Å². The Hall–Kier alpha value is -2.27. The van der Waals surface area contributed by atoms with E-state index < -0.39 is 30.3 Å². The lowest BCUT2D eigenvalue weighted by atomic mass is 9.87. The first kappa shape index (κ1) is 33.2. The van der Waals surface area contributed by atoms with Gasteiger partial charge in [0.2, 0.25) is 0 Å². The van der Waals surface area contributed by atoms with Gasteiger partial charge in [0.15, 0.2) is 0 Å². The van der Waals surface area contributed by atoms with Gasteiger partial charge >= 0.3 is 10.1 Å². The van der Waals surface area contributed by atoms with Crippen LogP contribution in [0.15, 0.2) is 52.5 Å². The predicted molar refractivity (Wildman–Crippen MR) is 164 cm³/mol. The first-order chi connectivity index (χ1) is 19.6. The summed E-state index contributed by atoms with van der Waals surface area (Å²) in [5.41, 5.74) is 1.47. The van der Waals surface area contributed by atoms with Gasteiger partial charge in [-0.2, -0.15) is 16.8 Å². The number of rotatable bonds is 20. The Morgan fingerprint density at radius 1 is 0.707 bits per heavy atom. The van der Waals surface area contributed by atoms with Crippen molar-refractivity contribution in [3.63, 3.8) is 0 Å². The van der Waals surface area contributed by atoms with Crippen LogP contribution in [0.25, 0.3) is 11.0 Å². The Bertz CT molecular complexity index is 1420. The second-order valence-corrected chi connectivity index (χ2v) is 13.8. The molecule has 3 aromatic rings. The largest absolute Gasteiger partial charge is 0.328 e. The van der Waals surface area contributed by atoms with Gasteiger partial charge in [0.25, 0.3) is 15.3 Å². The van der Waals surface area contributed by atoms with Crippen LogP contribution in [-0.4, -0.2) is 35.9 Å². The van der Waals surface area contributed by atoms with E-state index in [1.54, 1.807) is 12.1 Å². The molecule has 1 aromatic heterocycles. The standard InChI is InChI=1S/C31H46N2O6S2/c1-2-3-4-5-6-7-8-9-10-11-12-13-17-20-26(22-21-25-18-15-14-16-19-25)27-23-24-28-29(30(27)40(34,35)36)33-31(32-28)41(37,38)39/h14-16,18-19,23-24,26H,2-13,17,20-22H2,1H3,(H,32,33)(H,34,35,36)(H,37,38,39). The van der Waals surface area contributed by atoms with Gasteiger partial charge in [-0.3, -0.25) is 9.11 Å². The Morgan fingerprint density at radius 2 is 1.27 bits per heavy atom. The first-order valence-electron chi connectivity index (χ1n) is 15.1. The molecule has 0 saturated heterocycles. The lowest BCUT2D eigenvalue weighted by Gasteiger charge is -2.20. The van der Waals surface area contributed by atoms with Gasteiger partial charge in [0, 0.05) is 0 Å². The maximum Gasteiger partial charge on any atom is 0.328 e. The SMILES string of the molecule is CCCCCCCCCCCCCCCC(CCc1ccccc1)c1ccc2[nH]c(S(=O)(=O)O)nc2c1S(=O)(=O)O. The van der Waals surface area contributed by atoms with Crippen LogP contribution in [0.4, 0.5) is 0 Å². The van der Waals surface area contributed by atoms with E-state index in [0.29, 0.717) is 12.0 Å². The van der Waals surface area contributed by atoms with Crippen LogP contribution >= 0.6 is 0 Å². The zero-order valence-corrected chi connectivity index (χ0v) is 25.9. The number of hydrogen-bond acceptors (Lipinski definition) is 5. The molecule has 8 nitrogen and oxygen atoms in total. The third-order valence-corrected chi connectivity index (χ3v) is 9.47. The predicted octanol–water partition coefficient (Wildman–Crippen LogP) is 8.25. The van der Waals surface area contributed by atoms with Gasteiger partial charge in [-0.15, -0.1) is 0 Å². The molecule has 0 radical (unpaired) electrons. The topological polar surface area (TPSA) is 137 Å². The Morgan fingerprint density at radius 3 is 1.80 bits per heavy atom. The van der Waals surface area contributed by atoms with Crippen LogP contribution in [0.1, 0.15) is 120 Å². The van der Waals surface area contributed by atoms with E-state index in [4.69, 9.17) is 0 Å². The lowest BCUT2D eigenvalue weighted by molar-refractivity contribution is 0.472. The highest BCUT2D eigenvalue weighted by molar-refractivity contribution is 7.86. The molecule has 41 heavy (non-hydrogen) atoms. The second kappa shape index (κ2) is 16.4. The lowest BCUT2D eigenvalue weighted by Crippen LogP contribution is -2.10. The van der Waals surface area contributed by atoms with E-state index in [-0.39, 0.29) is 17.0 Å². The van der Waals surface area contributed by atoms with Crippen molar-refractivity contribution in [1.82, 2.24) is 9.97 Å². The van der Waals surface area contributed by atoms with Crippen molar-refractivity contribution in [2.45, 2.75) is 126 Å². The molecule has 0 bridgehead atoms. The third-order valence-electron chi connectivity index (χ3n) is 7.84. The molecule has 0 aliphatic heterocycles. The van der Waals surface area contributed by atoms with Gasteiger partial charge in [-0.05, 0) is 42.4 Å². The van der Waals surface area contributed by atoms with Crippen LogP contribution in [-0.2, 0) is 26.7 Å². The number of aryl methyl sites for hydroxylation is 1. The smallest absolute Gasteiger partial charge is 0.327 e. The molecule has 1 heterocycles. The van der Waals surface area contributed by atoms with Crippen LogP contribution in [0.3, 0.4) is 0 Å². The molecular weight excluding hydrogens is 560 g/mol.